The molecule has 88 valence electrons. The summed E-state index contributed by atoms with van der Waals surface area (Å²) in [6.07, 6.45) is 0. The fourth-order valence-electron chi connectivity index (χ4n) is 1.72. The van der Waals surface area contributed by atoms with E-state index in [2.05, 4.69) is 24.1 Å². The van der Waals surface area contributed by atoms with E-state index in [1.54, 1.807) is 4.90 Å². The van der Waals surface area contributed by atoms with E-state index in [0.29, 0.717) is 12.6 Å². The molecule has 1 rings (SSSR count). The Bertz CT molecular complexity index is 201. The molecule has 0 aromatic rings. The summed E-state index contributed by atoms with van der Waals surface area (Å²) in [7, 11) is 0. The number of piperazine rings is 1. The van der Waals surface area contributed by atoms with Gasteiger partial charge in [0.25, 0.3) is 0 Å². The lowest BCUT2D eigenvalue weighted by atomic mass is 10.2. The normalized spacial score (nSPS) is 18.3. The highest BCUT2D eigenvalue weighted by atomic mass is 16.3. The Kier molecular flexibility index (Phi) is 4.84. The van der Waals surface area contributed by atoms with Gasteiger partial charge in [0.1, 0.15) is 0 Å². The summed E-state index contributed by atoms with van der Waals surface area (Å²) in [6, 6.07) is 0.486. The molecular formula is C10H21N3O2. The number of rotatable bonds is 3. The molecule has 0 atom stereocenters. The van der Waals surface area contributed by atoms with Gasteiger partial charge in [0.2, 0.25) is 0 Å². The zero-order valence-electron chi connectivity index (χ0n) is 9.57. The van der Waals surface area contributed by atoms with E-state index in [1.807, 2.05) is 0 Å². The van der Waals surface area contributed by atoms with Crippen LogP contribution in [0, 0.1) is 0 Å². The molecule has 0 bridgehead atoms. The van der Waals surface area contributed by atoms with Crippen LogP contribution >= 0.6 is 0 Å². The predicted octanol–water partition coefficient (Wildman–Crippen LogP) is -0.286. The van der Waals surface area contributed by atoms with Crippen molar-refractivity contribution in [2.45, 2.75) is 19.9 Å². The highest BCUT2D eigenvalue weighted by Crippen LogP contribution is 2.05. The van der Waals surface area contributed by atoms with Crippen molar-refractivity contribution in [3.63, 3.8) is 0 Å². The minimum atomic E-state index is -0.0625. The Morgan fingerprint density at radius 2 is 1.93 bits per heavy atom. The molecule has 1 saturated heterocycles. The van der Waals surface area contributed by atoms with Crippen molar-refractivity contribution in [3.05, 3.63) is 0 Å². The van der Waals surface area contributed by atoms with Gasteiger partial charge in [-0.1, -0.05) is 0 Å². The number of aliphatic hydroxyl groups is 1. The number of hydrogen-bond acceptors (Lipinski definition) is 3. The van der Waals surface area contributed by atoms with Crippen molar-refractivity contribution < 1.29 is 9.90 Å². The standard InChI is InChI=1S/C10H21N3O2/c1-9(2)12-4-6-13(7-5-12)10(15)11-3-8-14/h9,14H,3-8H2,1-2H3,(H,11,15). The van der Waals surface area contributed by atoms with Gasteiger partial charge in [0, 0.05) is 38.8 Å². The van der Waals surface area contributed by atoms with Gasteiger partial charge in [-0.05, 0) is 13.8 Å². The minimum Gasteiger partial charge on any atom is -0.395 e. The Morgan fingerprint density at radius 1 is 1.33 bits per heavy atom. The topological polar surface area (TPSA) is 55.8 Å². The second kappa shape index (κ2) is 5.92. The van der Waals surface area contributed by atoms with Crippen LogP contribution in [-0.4, -0.2) is 66.3 Å². The first kappa shape index (κ1) is 12.3. The average Bonchev–Trinajstić information content (AvgIpc) is 2.26. The third-order valence-corrected chi connectivity index (χ3v) is 2.72. The van der Waals surface area contributed by atoms with E-state index in [-0.39, 0.29) is 12.6 Å². The summed E-state index contributed by atoms with van der Waals surface area (Å²) < 4.78 is 0. The molecule has 0 aliphatic carbocycles. The van der Waals surface area contributed by atoms with Crippen molar-refractivity contribution in [3.8, 4) is 0 Å². The minimum absolute atomic E-state index is 0.00228. The molecule has 0 saturated carbocycles. The first-order chi connectivity index (χ1) is 7.15. The number of aliphatic hydroxyl groups excluding tert-OH is 1. The molecule has 2 amide bonds. The van der Waals surface area contributed by atoms with E-state index >= 15 is 0 Å². The summed E-state index contributed by atoms with van der Waals surface area (Å²) in [5.74, 6) is 0. The third kappa shape index (κ3) is 3.68. The van der Waals surface area contributed by atoms with Crippen LogP contribution in [0.5, 0.6) is 0 Å². The monoisotopic (exact) mass is 215 g/mol. The number of amides is 2. The molecular weight excluding hydrogens is 194 g/mol. The van der Waals surface area contributed by atoms with Gasteiger partial charge in [-0.25, -0.2) is 4.79 Å². The molecule has 0 aromatic carbocycles. The molecule has 1 fully saturated rings. The number of carbonyl (C=O) groups is 1. The van der Waals surface area contributed by atoms with E-state index in [9.17, 15) is 4.79 Å². The van der Waals surface area contributed by atoms with Gasteiger partial charge in [-0.2, -0.15) is 0 Å². The van der Waals surface area contributed by atoms with Crippen LogP contribution in [0.4, 0.5) is 4.79 Å². The van der Waals surface area contributed by atoms with Crippen LogP contribution in [-0.2, 0) is 0 Å². The van der Waals surface area contributed by atoms with Gasteiger partial charge >= 0.3 is 6.03 Å². The van der Waals surface area contributed by atoms with E-state index in [1.165, 1.54) is 0 Å². The molecule has 5 nitrogen and oxygen atoms in total. The number of nitrogens with one attached hydrogen (secondary N) is 1. The van der Waals surface area contributed by atoms with E-state index < -0.39 is 0 Å². The number of nitrogens with zero attached hydrogens (tertiary/aromatic N) is 2. The largest absolute Gasteiger partial charge is 0.395 e. The summed E-state index contributed by atoms with van der Waals surface area (Å²) in [5, 5.41) is 11.3. The molecule has 0 radical (unpaired) electrons. The summed E-state index contributed by atoms with van der Waals surface area (Å²) in [5.41, 5.74) is 0. The van der Waals surface area contributed by atoms with Crippen LogP contribution in [0.25, 0.3) is 0 Å². The number of carbonyl (C=O) groups excluding carboxylic acids is 1. The Balaban J connectivity index is 2.27. The second-order valence-electron chi connectivity index (χ2n) is 4.07. The Labute approximate surface area is 91.0 Å². The summed E-state index contributed by atoms with van der Waals surface area (Å²) in [4.78, 5) is 15.7. The van der Waals surface area contributed by atoms with Crippen molar-refractivity contribution in [2.75, 3.05) is 39.3 Å². The zero-order chi connectivity index (χ0) is 11.3. The van der Waals surface area contributed by atoms with Crippen molar-refractivity contribution in [2.24, 2.45) is 0 Å². The molecule has 0 unspecified atom stereocenters. The first-order valence-corrected chi connectivity index (χ1v) is 5.53. The molecule has 0 spiro atoms. The van der Waals surface area contributed by atoms with E-state index in [4.69, 9.17) is 5.11 Å². The maximum Gasteiger partial charge on any atom is 0.317 e. The van der Waals surface area contributed by atoms with Crippen molar-refractivity contribution in [1.82, 2.24) is 15.1 Å². The maximum absolute atomic E-state index is 11.5. The second-order valence-corrected chi connectivity index (χ2v) is 4.07. The molecule has 2 N–H and O–H groups in total. The molecule has 1 aliphatic rings. The summed E-state index contributed by atoms with van der Waals surface area (Å²) >= 11 is 0. The van der Waals surface area contributed by atoms with Gasteiger partial charge < -0.3 is 15.3 Å². The van der Waals surface area contributed by atoms with Crippen LogP contribution in [0.15, 0.2) is 0 Å². The highest BCUT2D eigenvalue weighted by Gasteiger charge is 2.21. The predicted molar refractivity (Wildman–Crippen MR) is 58.8 cm³/mol. The lowest BCUT2D eigenvalue weighted by Gasteiger charge is -2.36. The number of urea groups is 1. The highest BCUT2D eigenvalue weighted by molar-refractivity contribution is 5.74. The molecule has 0 aromatic heterocycles. The fraction of sp³-hybridized carbons (Fsp3) is 0.900. The Morgan fingerprint density at radius 3 is 2.40 bits per heavy atom. The molecule has 15 heavy (non-hydrogen) atoms. The van der Waals surface area contributed by atoms with Gasteiger partial charge in [-0.15, -0.1) is 0 Å². The first-order valence-electron chi connectivity index (χ1n) is 5.53. The van der Waals surface area contributed by atoms with Crippen LogP contribution < -0.4 is 5.32 Å². The van der Waals surface area contributed by atoms with Gasteiger partial charge in [-0.3, -0.25) is 4.90 Å². The smallest absolute Gasteiger partial charge is 0.317 e. The van der Waals surface area contributed by atoms with E-state index in [0.717, 1.165) is 26.2 Å². The van der Waals surface area contributed by atoms with Crippen molar-refractivity contribution in [1.29, 1.82) is 0 Å². The Hall–Kier alpha value is -0.810. The zero-order valence-corrected chi connectivity index (χ0v) is 9.57. The lowest BCUT2D eigenvalue weighted by Crippen LogP contribution is -2.53. The van der Waals surface area contributed by atoms with Gasteiger partial charge in [0.15, 0.2) is 0 Å². The summed E-state index contributed by atoms with van der Waals surface area (Å²) in [6.45, 7) is 8.09. The van der Waals surface area contributed by atoms with Crippen LogP contribution in [0.1, 0.15) is 13.8 Å². The average molecular weight is 215 g/mol. The third-order valence-electron chi connectivity index (χ3n) is 2.72. The van der Waals surface area contributed by atoms with Crippen LogP contribution in [0.3, 0.4) is 0 Å². The van der Waals surface area contributed by atoms with Crippen LogP contribution in [0.2, 0.25) is 0 Å². The van der Waals surface area contributed by atoms with Crippen molar-refractivity contribution >= 4 is 6.03 Å². The van der Waals surface area contributed by atoms with Gasteiger partial charge in [0.05, 0.1) is 6.61 Å². The fourth-order valence-corrected chi connectivity index (χ4v) is 1.72. The molecule has 1 aliphatic heterocycles. The quantitative estimate of drug-likeness (QED) is 0.680. The SMILES string of the molecule is CC(C)N1CCN(C(=O)NCCO)CC1. The lowest BCUT2D eigenvalue weighted by molar-refractivity contribution is 0.118. The molecule has 1 heterocycles. The molecule has 5 heteroatoms. The maximum atomic E-state index is 11.5. The number of hydrogen-bond donors (Lipinski definition) is 2.